The Kier molecular flexibility index (Phi) is 6.33. The van der Waals surface area contributed by atoms with Gasteiger partial charge < -0.3 is 15.8 Å². The summed E-state index contributed by atoms with van der Waals surface area (Å²) in [6, 6.07) is 1.18. The van der Waals surface area contributed by atoms with E-state index in [4.69, 9.17) is 10.5 Å². The lowest BCUT2D eigenvalue weighted by Crippen LogP contribution is -2.48. The predicted octanol–water partition coefficient (Wildman–Crippen LogP) is 1.45. The molecule has 2 rings (SSSR count). The summed E-state index contributed by atoms with van der Waals surface area (Å²) >= 11 is 1.26. The highest BCUT2D eigenvalue weighted by Crippen LogP contribution is 2.24. The Morgan fingerprint density at radius 2 is 2.25 bits per heavy atom. The van der Waals surface area contributed by atoms with E-state index in [-0.39, 0.29) is 17.8 Å². The molecule has 2 atom stereocenters. The van der Waals surface area contributed by atoms with Crippen molar-refractivity contribution in [1.29, 1.82) is 0 Å². The zero-order chi connectivity index (χ0) is 17.7. The minimum atomic E-state index is -0.570. The first-order valence-corrected chi connectivity index (χ1v) is 8.90. The number of carbonyl (C=O) groups excluding carboxylic acids is 3. The Labute approximate surface area is 145 Å². The fourth-order valence-corrected chi connectivity index (χ4v) is 3.59. The third-order valence-electron chi connectivity index (χ3n) is 4.17. The number of ether oxygens (including phenoxy) is 1. The van der Waals surface area contributed by atoms with E-state index in [1.54, 1.807) is 25.3 Å². The van der Waals surface area contributed by atoms with Gasteiger partial charge in [-0.2, -0.15) is 0 Å². The summed E-state index contributed by atoms with van der Waals surface area (Å²) in [6.45, 7) is 5.18. The Morgan fingerprint density at radius 3 is 2.92 bits per heavy atom. The van der Waals surface area contributed by atoms with Crippen molar-refractivity contribution in [3.05, 3.63) is 17.0 Å². The van der Waals surface area contributed by atoms with Gasteiger partial charge in [0.1, 0.15) is 5.00 Å². The average Bonchev–Trinajstić information content (AvgIpc) is 3.02. The van der Waals surface area contributed by atoms with Crippen LogP contribution in [0.1, 0.15) is 37.0 Å². The van der Waals surface area contributed by atoms with Crippen LogP contribution >= 0.6 is 11.3 Å². The molecule has 1 fully saturated rings. The Balaban J connectivity index is 1.98. The molecular formula is C16H23N3O4S. The van der Waals surface area contributed by atoms with Crippen LogP contribution in [0.15, 0.2) is 11.4 Å². The molecule has 0 spiro atoms. The highest BCUT2D eigenvalue weighted by atomic mass is 32.1. The summed E-state index contributed by atoms with van der Waals surface area (Å²) in [4.78, 5) is 37.7. The van der Waals surface area contributed by atoms with E-state index in [2.05, 4.69) is 5.32 Å². The van der Waals surface area contributed by atoms with Crippen molar-refractivity contribution in [1.82, 2.24) is 4.90 Å². The van der Waals surface area contributed by atoms with Gasteiger partial charge in [0, 0.05) is 6.54 Å². The molecule has 0 aliphatic carbocycles. The quantitative estimate of drug-likeness (QED) is 0.754. The van der Waals surface area contributed by atoms with Crippen molar-refractivity contribution in [2.75, 3.05) is 25.0 Å². The second-order valence-electron chi connectivity index (χ2n) is 5.78. The van der Waals surface area contributed by atoms with Crippen LogP contribution in [0.2, 0.25) is 0 Å². The number of hydrogen-bond acceptors (Lipinski definition) is 6. The molecule has 0 unspecified atom stereocenters. The summed E-state index contributed by atoms with van der Waals surface area (Å²) in [5.41, 5.74) is 5.60. The molecular weight excluding hydrogens is 330 g/mol. The van der Waals surface area contributed by atoms with Crippen molar-refractivity contribution in [2.45, 2.75) is 32.7 Å². The topological polar surface area (TPSA) is 102 Å². The van der Waals surface area contributed by atoms with E-state index in [0.29, 0.717) is 23.7 Å². The minimum absolute atomic E-state index is 0.197. The molecule has 132 valence electrons. The van der Waals surface area contributed by atoms with Crippen LogP contribution in [0.4, 0.5) is 5.00 Å². The lowest BCUT2D eigenvalue weighted by atomic mass is 9.97. The fraction of sp³-hybridized carbons (Fsp3) is 0.562. The monoisotopic (exact) mass is 353 g/mol. The van der Waals surface area contributed by atoms with Gasteiger partial charge >= 0.3 is 5.97 Å². The number of nitrogens with zero attached hydrogens (tertiary/aromatic N) is 1. The van der Waals surface area contributed by atoms with Gasteiger partial charge in [-0.15, -0.1) is 11.3 Å². The third kappa shape index (κ3) is 4.33. The van der Waals surface area contributed by atoms with E-state index >= 15 is 0 Å². The molecule has 3 N–H and O–H groups in total. The molecule has 2 amide bonds. The Bertz CT molecular complexity index is 616. The largest absolute Gasteiger partial charge is 0.466 e. The van der Waals surface area contributed by atoms with E-state index < -0.39 is 11.9 Å². The number of likely N-dealkylation sites (tertiary alicyclic amines) is 1. The molecule has 2 heterocycles. The molecule has 1 aromatic heterocycles. The average molecular weight is 353 g/mol. The number of thiophene rings is 1. The highest BCUT2D eigenvalue weighted by molar-refractivity contribution is 7.14. The maximum atomic E-state index is 12.5. The summed E-state index contributed by atoms with van der Waals surface area (Å²) in [5.74, 6) is -1.19. The van der Waals surface area contributed by atoms with Crippen LogP contribution in [-0.2, 0) is 14.3 Å². The number of anilines is 1. The smallest absolute Gasteiger partial charge is 0.310 e. The molecule has 0 aromatic carbocycles. The number of nitrogens with two attached hydrogens (primary N) is 1. The first-order valence-electron chi connectivity index (χ1n) is 8.02. The number of esters is 1. The second-order valence-corrected chi connectivity index (χ2v) is 6.70. The predicted molar refractivity (Wildman–Crippen MR) is 91.9 cm³/mol. The standard InChI is InChI=1S/C16H23N3O4S/c1-3-23-16(22)11-5-4-7-19(9-11)10(2)14(21)18-15-12(13(17)20)6-8-24-15/h6,8,10-11H,3-5,7,9H2,1-2H3,(H2,17,20)(H,18,21)/t10-,11-/m1/s1. The third-order valence-corrected chi connectivity index (χ3v) is 5.00. The summed E-state index contributed by atoms with van der Waals surface area (Å²) < 4.78 is 5.08. The maximum absolute atomic E-state index is 12.5. The number of piperidine rings is 1. The summed E-state index contributed by atoms with van der Waals surface area (Å²) in [6.07, 6.45) is 1.62. The van der Waals surface area contributed by atoms with Gasteiger partial charge in [0.2, 0.25) is 5.91 Å². The molecule has 1 aromatic rings. The van der Waals surface area contributed by atoms with Gasteiger partial charge in [-0.25, -0.2) is 0 Å². The van der Waals surface area contributed by atoms with Crippen molar-refractivity contribution in [3.8, 4) is 0 Å². The number of amides is 2. The Morgan fingerprint density at radius 1 is 1.50 bits per heavy atom. The molecule has 8 heteroatoms. The van der Waals surface area contributed by atoms with E-state index in [9.17, 15) is 14.4 Å². The van der Waals surface area contributed by atoms with Gasteiger partial charge in [-0.05, 0) is 44.7 Å². The number of hydrogen-bond donors (Lipinski definition) is 2. The van der Waals surface area contributed by atoms with E-state index in [0.717, 1.165) is 19.4 Å². The Hall–Kier alpha value is -1.93. The number of primary amides is 1. The molecule has 1 aliphatic heterocycles. The first-order chi connectivity index (χ1) is 11.4. The van der Waals surface area contributed by atoms with Crippen LogP contribution in [0, 0.1) is 5.92 Å². The number of nitrogens with one attached hydrogen (secondary N) is 1. The molecule has 7 nitrogen and oxygen atoms in total. The van der Waals surface area contributed by atoms with Crippen molar-refractivity contribution in [3.63, 3.8) is 0 Å². The molecule has 0 saturated carbocycles. The highest BCUT2D eigenvalue weighted by Gasteiger charge is 2.31. The molecule has 0 bridgehead atoms. The number of rotatable bonds is 6. The molecule has 0 radical (unpaired) electrons. The van der Waals surface area contributed by atoms with Gasteiger partial charge in [-0.1, -0.05) is 0 Å². The van der Waals surface area contributed by atoms with Crippen LogP contribution in [-0.4, -0.2) is 48.4 Å². The van der Waals surface area contributed by atoms with Gasteiger partial charge in [0.15, 0.2) is 0 Å². The fourth-order valence-electron chi connectivity index (χ4n) is 2.79. The van der Waals surface area contributed by atoms with Gasteiger partial charge in [-0.3, -0.25) is 19.3 Å². The van der Waals surface area contributed by atoms with Crippen LogP contribution in [0.3, 0.4) is 0 Å². The second kappa shape index (κ2) is 8.25. The van der Waals surface area contributed by atoms with Crippen LogP contribution < -0.4 is 11.1 Å². The van der Waals surface area contributed by atoms with Crippen LogP contribution in [0.25, 0.3) is 0 Å². The van der Waals surface area contributed by atoms with Gasteiger partial charge in [0.25, 0.3) is 5.91 Å². The summed E-state index contributed by atoms with van der Waals surface area (Å²) in [7, 11) is 0. The normalized spacial score (nSPS) is 19.5. The van der Waals surface area contributed by atoms with Crippen LogP contribution in [0.5, 0.6) is 0 Å². The molecule has 1 saturated heterocycles. The van der Waals surface area contributed by atoms with E-state index in [1.807, 2.05) is 4.90 Å². The zero-order valence-corrected chi connectivity index (χ0v) is 14.7. The first kappa shape index (κ1) is 18.4. The zero-order valence-electron chi connectivity index (χ0n) is 13.9. The lowest BCUT2D eigenvalue weighted by Gasteiger charge is -2.35. The van der Waals surface area contributed by atoms with Crippen molar-refractivity contribution < 1.29 is 19.1 Å². The molecule has 1 aliphatic rings. The van der Waals surface area contributed by atoms with Crippen molar-refractivity contribution >= 4 is 34.1 Å². The van der Waals surface area contributed by atoms with Gasteiger partial charge in [0.05, 0.1) is 24.1 Å². The minimum Gasteiger partial charge on any atom is -0.466 e. The lowest BCUT2D eigenvalue weighted by molar-refractivity contribution is -0.150. The summed E-state index contributed by atoms with van der Waals surface area (Å²) in [5, 5.41) is 4.92. The van der Waals surface area contributed by atoms with Crippen molar-refractivity contribution in [2.24, 2.45) is 11.7 Å². The maximum Gasteiger partial charge on any atom is 0.310 e. The SMILES string of the molecule is CCOC(=O)[C@@H]1CCCN([C@H](C)C(=O)Nc2sccc2C(N)=O)C1. The number of carbonyl (C=O) groups is 3. The van der Waals surface area contributed by atoms with E-state index in [1.165, 1.54) is 11.3 Å². The molecule has 24 heavy (non-hydrogen) atoms.